The molecule has 0 spiro atoms. The van der Waals surface area contributed by atoms with Crippen LogP contribution in [-0.2, 0) is 11.3 Å². The summed E-state index contributed by atoms with van der Waals surface area (Å²) in [6.45, 7) is 5.15. The molecule has 0 aromatic carbocycles. The van der Waals surface area contributed by atoms with Gasteiger partial charge in [-0.15, -0.1) is 17.9 Å². The Morgan fingerprint density at radius 3 is 2.71 bits per heavy atom. The molecule has 1 aromatic rings. The highest BCUT2D eigenvalue weighted by Gasteiger charge is 2.10. The molecule has 1 aromatic heterocycles. The quantitative estimate of drug-likeness (QED) is 0.472. The van der Waals surface area contributed by atoms with Crippen LogP contribution in [0, 0.1) is 0 Å². The number of thiophene rings is 1. The number of likely N-dealkylation sites (N-methyl/N-ethyl adjacent to an activating group) is 1. The van der Waals surface area contributed by atoms with Gasteiger partial charge in [0.05, 0.1) is 10.3 Å². The molecule has 0 aliphatic carbocycles. The zero-order valence-electron chi connectivity index (χ0n) is 12.6. The second-order valence-electron chi connectivity index (χ2n) is 4.66. The Labute approximate surface area is 138 Å². The largest absolute Gasteiger partial charge is 0.353 e. The second-order valence-corrected chi connectivity index (χ2v) is 7.21. The molecule has 7 heteroatoms. The summed E-state index contributed by atoms with van der Waals surface area (Å²) in [6, 6.07) is 4.10. The fraction of sp³-hybridized carbons (Fsp3) is 0.429. The molecular formula is C14H21BrN4OS. The SMILES string of the molecule is C=CCNC(=NCC(=O)N(C)C)N(C)Cc1ccc(Br)s1. The first-order valence-corrected chi connectivity index (χ1v) is 8.09. The van der Waals surface area contributed by atoms with Gasteiger partial charge in [0.25, 0.3) is 0 Å². The first kappa shape index (κ1) is 17.7. The monoisotopic (exact) mass is 372 g/mol. The second kappa shape index (κ2) is 8.84. The Kier molecular flexibility index (Phi) is 7.45. The summed E-state index contributed by atoms with van der Waals surface area (Å²) in [4.78, 5) is 20.8. The summed E-state index contributed by atoms with van der Waals surface area (Å²) in [5, 5.41) is 3.17. The zero-order chi connectivity index (χ0) is 15.8. The van der Waals surface area contributed by atoms with Gasteiger partial charge < -0.3 is 15.1 Å². The van der Waals surface area contributed by atoms with Gasteiger partial charge in [-0.2, -0.15) is 0 Å². The molecule has 1 rings (SSSR count). The van der Waals surface area contributed by atoms with E-state index < -0.39 is 0 Å². The lowest BCUT2D eigenvalue weighted by Crippen LogP contribution is -2.39. The highest BCUT2D eigenvalue weighted by atomic mass is 79.9. The average molecular weight is 373 g/mol. The summed E-state index contributed by atoms with van der Waals surface area (Å²) in [5.74, 6) is 0.662. The zero-order valence-corrected chi connectivity index (χ0v) is 15.0. The number of guanidine groups is 1. The van der Waals surface area contributed by atoms with E-state index >= 15 is 0 Å². The van der Waals surface area contributed by atoms with Gasteiger partial charge in [-0.1, -0.05) is 6.08 Å². The number of nitrogens with one attached hydrogen (secondary N) is 1. The number of hydrogen-bond donors (Lipinski definition) is 1. The van der Waals surface area contributed by atoms with Crippen LogP contribution in [0.1, 0.15) is 4.88 Å². The van der Waals surface area contributed by atoms with Crippen molar-refractivity contribution in [2.75, 3.05) is 34.2 Å². The predicted octanol–water partition coefficient (Wildman–Crippen LogP) is 2.16. The minimum absolute atomic E-state index is 0.0276. The number of aliphatic imine (C=N–C) groups is 1. The number of carbonyl (C=O) groups excluding carboxylic acids is 1. The van der Waals surface area contributed by atoms with E-state index in [2.05, 4.69) is 38.9 Å². The molecule has 1 amide bonds. The highest BCUT2D eigenvalue weighted by molar-refractivity contribution is 9.11. The molecule has 0 fully saturated rings. The van der Waals surface area contributed by atoms with E-state index in [1.54, 1.807) is 31.5 Å². The molecule has 1 heterocycles. The van der Waals surface area contributed by atoms with E-state index in [9.17, 15) is 4.79 Å². The molecule has 0 radical (unpaired) electrons. The van der Waals surface area contributed by atoms with E-state index in [1.165, 1.54) is 9.78 Å². The topological polar surface area (TPSA) is 47.9 Å². The average Bonchev–Trinajstić information content (AvgIpc) is 2.83. The molecule has 21 heavy (non-hydrogen) atoms. The third kappa shape index (κ3) is 6.31. The Bertz CT molecular complexity index is 513. The fourth-order valence-corrected chi connectivity index (χ4v) is 3.04. The summed E-state index contributed by atoms with van der Waals surface area (Å²) in [5.41, 5.74) is 0. The summed E-state index contributed by atoms with van der Waals surface area (Å²) >= 11 is 5.14. The minimum atomic E-state index is -0.0276. The van der Waals surface area contributed by atoms with E-state index in [0.29, 0.717) is 12.5 Å². The van der Waals surface area contributed by atoms with Crippen molar-refractivity contribution in [3.8, 4) is 0 Å². The molecule has 0 aliphatic heterocycles. The first-order valence-electron chi connectivity index (χ1n) is 6.48. The van der Waals surface area contributed by atoms with Crippen molar-refractivity contribution in [2.45, 2.75) is 6.54 Å². The molecule has 0 saturated carbocycles. The van der Waals surface area contributed by atoms with E-state index in [1.807, 2.05) is 18.0 Å². The number of amides is 1. The van der Waals surface area contributed by atoms with Gasteiger partial charge in [-0.05, 0) is 28.1 Å². The van der Waals surface area contributed by atoms with Crippen LogP contribution in [0.25, 0.3) is 0 Å². The van der Waals surface area contributed by atoms with Gasteiger partial charge in [-0.3, -0.25) is 4.79 Å². The van der Waals surface area contributed by atoms with E-state index in [4.69, 9.17) is 0 Å². The first-order chi connectivity index (χ1) is 9.93. The lowest BCUT2D eigenvalue weighted by molar-refractivity contribution is -0.127. The maximum atomic E-state index is 11.7. The van der Waals surface area contributed by atoms with Gasteiger partial charge in [0, 0.05) is 32.6 Å². The molecule has 0 aliphatic rings. The number of rotatable bonds is 6. The molecular weight excluding hydrogens is 352 g/mol. The molecule has 0 atom stereocenters. The van der Waals surface area contributed by atoms with Gasteiger partial charge in [0.2, 0.25) is 5.91 Å². The van der Waals surface area contributed by atoms with Crippen LogP contribution >= 0.6 is 27.3 Å². The third-order valence-electron chi connectivity index (χ3n) is 2.65. The van der Waals surface area contributed by atoms with Crippen molar-refractivity contribution in [1.82, 2.24) is 15.1 Å². The molecule has 0 saturated heterocycles. The number of halogens is 1. The van der Waals surface area contributed by atoms with Crippen LogP contribution < -0.4 is 5.32 Å². The lowest BCUT2D eigenvalue weighted by atomic mass is 10.4. The number of nitrogens with zero attached hydrogens (tertiary/aromatic N) is 3. The Balaban J connectivity index is 2.72. The molecule has 1 N–H and O–H groups in total. The Morgan fingerprint density at radius 2 is 2.19 bits per heavy atom. The smallest absolute Gasteiger partial charge is 0.243 e. The van der Waals surface area contributed by atoms with Gasteiger partial charge in [0.15, 0.2) is 5.96 Å². The van der Waals surface area contributed by atoms with Crippen LogP contribution in [-0.4, -0.2) is 55.9 Å². The number of carbonyl (C=O) groups is 1. The summed E-state index contributed by atoms with van der Waals surface area (Å²) in [6.07, 6.45) is 1.76. The van der Waals surface area contributed by atoms with Gasteiger partial charge >= 0.3 is 0 Å². The third-order valence-corrected chi connectivity index (χ3v) is 4.26. The van der Waals surface area contributed by atoms with Crippen molar-refractivity contribution >= 4 is 39.1 Å². The maximum absolute atomic E-state index is 11.7. The minimum Gasteiger partial charge on any atom is -0.353 e. The highest BCUT2D eigenvalue weighted by Crippen LogP contribution is 2.22. The molecule has 5 nitrogen and oxygen atoms in total. The Hall–Kier alpha value is -1.34. The van der Waals surface area contributed by atoms with Crippen LogP contribution in [0.5, 0.6) is 0 Å². The van der Waals surface area contributed by atoms with Crippen molar-refractivity contribution < 1.29 is 4.79 Å². The van der Waals surface area contributed by atoms with Crippen LogP contribution in [0.15, 0.2) is 33.6 Å². The summed E-state index contributed by atoms with van der Waals surface area (Å²) in [7, 11) is 5.39. The predicted molar refractivity (Wildman–Crippen MR) is 92.7 cm³/mol. The normalized spacial score (nSPS) is 11.1. The van der Waals surface area contributed by atoms with Crippen molar-refractivity contribution in [3.05, 3.63) is 33.5 Å². The Morgan fingerprint density at radius 1 is 1.48 bits per heavy atom. The molecule has 0 bridgehead atoms. The lowest BCUT2D eigenvalue weighted by Gasteiger charge is -2.21. The molecule has 116 valence electrons. The van der Waals surface area contributed by atoms with Crippen LogP contribution in [0.3, 0.4) is 0 Å². The maximum Gasteiger partial charge on any atom is 0.243 e. The fourth-order valence-electron chi connectivity index (χ4n) is 1.50. The number of hydrogen-bond acceptors (Lipinski definition) is 3. The van der Waals surface area contributed by atoms with Crippen molar-refractivity contribution in [3.63, 3.8) is 0 Å². The van der Waals surface area contributed by atoms with E-state index in [0.717, 1.165) is 10.3 Å². The molecule has 0 unspecified atom stereocenters. The van der Waals surface area contributed by atoms with Crippen LogP contribution in [0.4, 0.5) is 0 Å². The van der Waals surface area contributed by atoms with E-state index in [-0.39, 0.29) is 12.5 Å². The summed E-state index contributed by atoms with van der Waals surface area (Å²) < 4.78 is 1.10. The van der Waals surface area contributed by atoms with Crippen molar-refractivity contribution in [1.29, 1.82) is 0 Å². The van der Waals surface area contributed by atoms with Gasteiger partial charge in [-0.25, -0.2) is 4.99 Å². The van der Waals surface area contributed by atoms with Gasteiger partial charge in [0.1, 0.15) is 6.54 Å². The van der Waals surface area contributed by atoms with Crippen LogP contribution in [0.2, 0.25) is 0 Å². The van der Waals surface area contributed by atoms with Crippen molar-refractivity contribution in [2.24, 2.45) is 4.99 Å². The standard InChI is InChI=1S/C14H21BrN4OS/c1-5-8-16-14(17-9-13(20)18(2)3)19(4)10-11-6-7-12(15)21-11/h5-7H,1,8-10H2,2-4H3,(H,16,17).